The maximum absolute atomic E-state index is 11.8. The summed E-state index contributed by atoms with van der Waals surface area (Å²) < 4.78 is 5.16. The first-order valence-corrected chi connectivity index (χ1v) is 5.54. The standard InChI is InChI=1S/C12H14N2O2/c13-9-3-1-4-10(7-9)14-11(15)16-8-12(14)5-2-6-12/h1,3-4,7H,2,5-6,8,13H2. The number of amides is 1. The Morgan fingerprint density at radius 3 is 2.81 bits per heavy atom. The SMILES string of the molecule is Nc1cccc(N2C(=O)OCC23CCC3)c1. The topological polar surface area (TPSA) is 55.6 Å². The number of cyclic esters (lactones) is 1. The van der Waals surface area contributed by atoms with Crippen molar-refractivity contribution in [3.63, 3.8) is 0 Å². The van der Waals surface area contributed by atoms with Crippen molar-refractivity contribution in [1.29, 1.82) is 0 Å². The number of nitrogens with zero attached hydrogens (tertiary/aromatic N) is 1. The van der Waals surface area contributed by atoms with Crippen LogP contribution < -0.4 is 10.6 Å². The van der Waals surface area contributed by atoms with Gasteiger partial charge in [0.2, 0.25) is 0 Å². The van der Waals surface area contributed by atoms with E-state index in [2.05, 4.69) is 0 Å². The molecule has 2 aliphatic rings. The highest BCUT2D eigenvalue weighted by Gasteiger charge is 2.52. The Bertz CT molecular complexity index is 440. The number of hydrogen-bond acceptors (Lipinski definition) is 3. The molecule has 84 valence electrons. The third-order valence-corrected chi connectivity index (χ3v) is 3.53. The first kappa shape index (κ1) is 9.51. The summed E-state index contributed by atoms with van der Waals surface area (Å²) in [4.78, 5) is 13.5. The molecule has 0 unspecified atom stereocenters. The maximum atomic E-state index is 11.8. The molecule has 4 heteroatoms. The molecule has 3 rings (SSSR count). The number of nitrogens with two attached hydrogens (primary N) is 1. The number of nitrogen functional groups attached to an aromatic ring is 1. The van der Waals surface area contributed by atoms with Crippen LogP contribution in [0.15, 0.2) is 24.3 Å². The van der Waals surface area contributed by atoms with E-state index in [9.17, 15) is 4.79 Å². The zero-order valence-corrected chi connectivity index (χ0v) is 8.98. The molecule has 16 heavy (non-hydrogen) atoms. The summed E-state index contributed by atoms with van der Waals surface area (Å²) in [6, 6.07) is 7.41. The van der Waals surface area contributed by atoms with Crippen LogP contribution in [0.25, 0.3) is 0 Å². The van der Waals surface area contributed by atoms with Gasteiger partial charge in [0.05, 0.1) is 5.54 Å². The molecule has 2 N–H and O–H groups in total. The largest absolute Gasteiger partial charge is 0.447 e. The van der Waals surface area contributed by atoms with Gasteiger partial charge in [-0.3, -0.25) is 4.90 Å². The molecule has 1 aromatic carbocycles. The zero-order chi connectivity index (χ0) is 11.2. The molecule has 4 nitrogen and oxygen atoms in total. The number of benzene rings is 1. The van der Waals surface area contributed by atoms with Gasteiger partial charge in [0, 0.05) is 11.4 Å². The first-order valence-electron chi connectivity index (χ1n) is 5.54. The number of hydrogen-bond donors (Lipinski definition) is 1. The quantitative estimate of drug-likeness (QED) is 0.735. The second kappa shape index (κ2) is 3.14. The average Bonchev–Trinajstić information content (AvgIpc) is 2.55. The first-order chi connectivity index (χ1) is 7.71. The van der Waals surface area contributed by atoms with Crippen molar-refractivity contribution in [3.05, 3.63) is 24.3 Å². The highest BCUT2D eigenvalue weighted by molar-refractivity contribution is 5.92. The molecule has 1 saturated carbocycles. The number of rotatable bonds is 1. The van der Waals surface area contributed by atoms with Crippen molar-refractivity contribution in [3.8, 4) is 0 Å². The molecule has 1 aliphatic carbocycles. The third-order valence-electron chi connectivity index (χ3n) is 3.53. The molecule has 1 aliphatic heterocycles. The number of ether oxygens (including phenoxy) is 1. The van der Waals surface area contributed by atoms with Crippen LogP contribution in [-0.4, -0.2) is 18.2 Å². The Kier molecular flexibility index (Phi) is 1.87. The smallest absolute Gasteiger partial charge is 0.415 e. The van der Waals surface area contributed by atoms with Gasteiger partial charge >= 0.3 is 6.09 Å². The minimum absolute atomic E-state index is 0.0924. The van der Waals surface area contributed by atoms with E-state index in [1.807, 2.05) is 24.3 Å². The minimum Gasteiger partial charge on any atom is -0.447 e. The van der Waals surface area contributed by atoms with Gasteiger partial charge in [-0.1, -0.05) is 6.07 Å². The van der Waals surface area contributed by atoms with Gasteiger partial charge in [-0.2, -0.15) is 0 Å². The molecular weight excluding hydrogens is 204 g/mol. The second-order valence-corrected chi connectivity index (χ2v) is 4.56. The molecule has 1 spiro atoms. The lowest BCUT2D eigenvalue weighted by atomic mass is 9.76. The van der Waals surface area contributed by atoms with Crippen LogP contribution in [-0.2, 0) is 4.74 Å². The summed E-state index contributed by atoms with van der Waals surface area (Å²) in [6.45, 7) is 0.515. The highest BCUT2D eigenvalue weighted by atomic mass is 16.6. The Balaban J connectivity index is 2.01. The summed E-state index contributed by atoms with van der Waals surface area (Å²) in [5, 5.41) is 0. The molecule has 1 heterocycles. The third kappa shape index (κ3) is 1.19. The molecule has 0 atom stereocenters. The van der Waals surface area contributed by atoms with Crippen LogP contribution >= 0.6 is 0 Å². The normalized spacial score (nSPS) is 22.0. The van der Waals surface area contributed by atoms with E-state index in [-0.39, 0.29) is 11.6 Å². The molecule has 2 fully saturated rings. The van der Waals surface area contributed by atoms with E-state index in [0.29, 0.717) is 12.3 Å². The van der Waals surface area contributed by atoms with E-state index < -0.39 is 0 Å². The van der Waals surface area contributed by atoms with Gasteiger partial charge in [0.15, 0.2) is 0 Å². The lowest BCUT2D eigenvalue weighted by Crippen LogP contribution is -2.52. The Morgan fingerprint density at radius 1 is 1.38 bits per heavy atom. The fourth-order valence-electron chi connectivity index (χ4n) is 2.51. The minimum atomic E-state index is -0.245. The summed E-state index contributed by atoms with van der Waals surface area (Å²) in [5.41, 5.74) is 7.17. The summed E-state index contributed by atoms with van der Waals surface area (Å²) in [5.74, 6) is 0. The predicted octanol–water partition coefficient (Wildman–Crippen LogP) is 2.15. The lowest BCUT2D eigenvalue weighted by molar-refractivity contribution is 0.154. The van der Waals surface area contributed by atoms with E-state index in [4.69, 9.17) is 10.5 Å². The Labute approximate surface area is 94.0 Å². The summed E-state index contributed by atoms with van der Waals surface area (Å²) >= 11 is 0. The highest BCUT2D eigenvalue weighted by Crippen LogP contribution is 2.44. The van der Waals surface area contributed by atoms with Gasteiger partial charge < -0.3 is 10.5 Å². The van der Waals surface area contributed by atoms with Crippen LogP contribution in [0.5, 0.6) is 0 Å². The van der Waals surface area contributed by atoms with Crippen molar-refractivity contribution in [2.24, 2.45) is 0 Å². The average molecular weight is 218 g/mol. The van der Waals surface area contributed by atoms with Crippen LogP contribution in [0.1, 0.15) is 19.3 Å². The maximum Gasteiger partial charge on any atom is 0.415 e. The van der Waals surface area contributed by atoms with E-state index in [1.54, 1.807) is 4.90 Å². The van der Waals surface area contributed by atoms with Gasteiger partial charge in [-0.15, -0.1) is 0 Å². The molecule has 0 aromatic heterocycles. The van der Waals surface area contributed by atoms with Crippen LogP contribution in [0.4, 0.5) is 16.2 Å². The fraction of sp³-hybridized carbons (Fsp3) is 0.417. The number of anilines is 2. The Morgan fingerprint density at radius 2 is 2.19 bits per heavy atom. The van der Waals surface area contributed by atoms with E-state index in [0.717, 1.165) is 24.9 Å². The van der Waals surface area contributed by atoms with Crippen molar-refractivity contribution in [2.75, 3.05) is 17.2 Å². The summed E-state index contributed by atoms with van der Waals surface area (Å²) in [7, 11) is 0. The molecule has 1 amide bonds. The van der Waals surface area contributed by atoms with E-state index >= 15 is 0 Å². The molecular formula is C12H14N2O2. The monoisotopic (exact) mass is 218 g/mol. The van der Waals surface area contributed by atoms with Crippen LogP contribution in [0, 0.1) is 0 Å². The summed E-state index contributed by atoms with van der Waals surface area (Å²) in [6.07, 6.45) is 2.96. The van der Waals surface area contributed by atoms with Gasteiger partial charge in [0.1, 0.15) is 6.61 Å². The predicted molar refractivity (Wildman–Crippen MR) is 61.3 cm³/mol. The van der Waals surface area contributed by atoms with Gasteiger partial charge in [-0.05, 0) is 37.5 Å². The van der Waals surface area contributed by atoms with E-state index in [1.165, 1.54) is 0 Å². The van der Waals surface area contributed by atoms with Gasteiger partial charge in [0.25, 0.3) is 0 Å². The number of carbonyl (C=O) groups is 1. The van der Waals surface area contributed by atoms with Crippen molar-refractivity contribution in [2.45, 2.75) is 24.8 Å². The fourth-order valence-corrected chi connectivity index (χ4v) is 2.51. The molecule has 1 saturated heterocycles. The zero-order valence-electron chi connectivity index (χ0n) is 8.98. The molecule has 0 bridgehead atoms. The van der Waals surface area contributed by atoms with Gasteiger partial charge in [-0.25, -0.2) is 4.79 Å². The van der Waals surface area contributed by atoms with Crippen LogP contribution in [0.3, 0.4) is 0 Å². The Hall–Kier alpha value is -1.71. The molecule has 1 aromatic rings. The lowest BCUT2D eigenvalue weighted by Gasteiger charge is -2.42. The van der Waals surface area contributed by atoms with Crippen LogP contribution in [0.2, 0.25) is 0 Å². The number of carbonyl (C=O) groups excluding carboxylic acids is 1. The molecule has 0 radical (unpaired) electrons. The second-order valence-electron chi connectivity index (χ2n) is 4.56. The van der Waals surface area contributed by atoms with Crippen molar-refractivity contribution in [1.82, 2.24) is 0 Å². The van der Waals surface area contributed by atoms with Crippen molar-refractivity contribution >= 4 is 17.5 Å². The van der Waals surface area contributed by atoms with Crippen molar-refractivity contribution < 1.29 is 9.53 Å².